The van der Waals surface area contributed by atoms with E-state index in [0.717, 1.165) is 17.7 Å². The Morgan fingerprint density at radius 3 is 2.62 bits per heavy atom. The highest BCUT2D eigenvalue weighted by atomic mass is 35.5. The van der Waals surface area contributed by atoms with Gasteiger partial charge in [-0.15, -0.1) is 0 Å². The molecule has 1 atom stereocenters. The molecule has 0 bridgehead atoms. The van der Waals surface area contributed by atoms with Crippen LogP contribution in [-0.2, 0) is 17.3 Å². The molecule has 26 heavy (non-hydrogen) atoms. The lowest BCUT2D eigenvalue weighted by atomic mass is 10.1. The van der Waals surface area contributed by atoms with Gasteiger partial charge in [0.15, 0.2) is 0 Å². The zero-order valence-corrected chi connectivity index (χ0v) is 15.2. The van der Waals surface area contributed by atoms with E-state index in [1.54, 1.807) is 24.3 Å². The molecular weight excluding hydrogens is 379 g/mol. The van der Waals surface area contributed by atoms with Gasteiger partial charge in [0.2, 0.25) is 5.43 Å². The van der Waals surface area contributed by atoms with Crippen LogP contribution in [-0.4, -0.2) is 21.4 Å². The van der Waals surface area contributed by atoms with Crippen molar-refractivity contribution in [2.75, 3.05) is 6.26 Å². The number of pyridine rings is 1. The van der Waals surface area contributed by atoms with Gasteiger partial charge in [-0.05, 0) is 29.8 Å². The normalized spacial score (nSPS) is 12.1. The summed E-state index contributed by atoms with van der Waals surface area (Å²) < 4.78 is 25.5. The number of carbonyl (C=O) groups excluding carboxylic acids is 1. The number of aromatic amines is 1. The van der Waals surface area contributed by atoms with Crippen molar-refractivity contribution in [3.8, 4) is 0 Å². The number of hydrogen-bond acceptors (Lipinski definition) is 3. The summed E-state index contributed by atoms with van der Waals surface area (Å²) in [4.78, 5) is 27.9. The maximum absolute atomic E-state index is 13.8. The van der Waals surface area contributed by atoms with E-state index in [2.05, 4.69) is 10.3 Å². The first kappa shape index (κ1) is 18.3. The number of aromatic nitrogens is 1. The molecule has 1 amide bonds. The Kier molecular flexibility index (Phi) is 5.20. The van der Waals surface area contributed by atoms with Gasteiger partial charge in [-0.25, -0.2) is 4.39 Å². The van der Waals surface area contributed by atoms with E-state index in [0.29, 0.717) is 5.02 Å². The maximum atomic E-state index is 13.8. The second-order valence-electron chi connectivity index (χ2n) is 5.62. The summed E-state index contributed by atoms with van der Waals surface area (Å²) in [6.45, 7) is 0.209. The van der Waals surface area contributed by atoms with Crippen LogP contribution in [0.15, 0.2) is 52.3 Å². The Labute approximate surface area is 155 Å². The molecule has 2 N–H and O–H groups in total. The molecule has 1 aromatic heterocycles. The van der Waals surface area contributed by atoms with Gasteiger partial charge in [0, 0.05) is 24.0 Å². The second-order valence-corrected chi connectivity index (χ2v) is 7.41. The molecule has 2 aromatic carbocycles. The number of nitrogens with one attached hydrogen (secondary N) is 2. The Hall–Kier alpha value is -2.51. The van der Waals surface area contributed by atoms with Crippen LogP contribution in [0.1, 0.15) is 15.9 Å². The van der Waals surface area contributed by atoms with Gasteiger partial charge in [0.1, 0.15) is 11.4 Å². The van der Waals surface area contributed by atoms with Crippen LogP contribution < -0.4 is 10.7 Å². The van der Waals surface area contributed by atoms with Gasteiger partial charge in [0.05, 0.1) is 26.6 Å². The Morgan fingerprint density at radius 1 is 1.27 bits per heavy atom. The van der Waals surface area contributed by atoms with Gasteiger partial charge in [0.25, 0.3) is 5.91 Å². The molecule has 0 spiro atoms. The van der Waals surface area contributed by atoms with Crippen LogP contribution in [0.3, 0.4) is 0 Å². The summed E-state index contributed by atoms with van der Waals surface area (Å²) in [7, 11) is -1.49. The van der Waals surface area contributed by atoms with E-state index in [1.165, 1.54) is 12.5 Å². The molecule has 134 valence electrons. The number of fused-ring (bicyclic) bond motifs is 1. The van der Waals surface area contributed by atoms with E-state index in [4.69, 9.17) is 11.6 Å². The van der Waals surface area contributed by atoms with Crippen LogP contribution in [0, 0.1) is 5.82 Å². The Bertz CT molecular complexity index is 1080. The van der Waals surface area contributed by atoms with Crippen molar-refractivity contribution >= 4 is 39.2 Å². The molecule has 5 nitrogen and oxygen atoms in total. The van der Waals surface area contributed by atoms with Gasteiger partial charge in [-0.2, -0.15) is 0 Å². The fourth-order valence-electron chi connectivity index (χ4n) is 2.54. The van der Waals surface area contributed by atoms with Gasteiger partial charge < -0.3 is 10.3 Å². The zero-order valence-electron chi connectivity index (χ0n) is 13.6. The van der Waals surface area contributed by atoms with Crippen LogP contribution in [0.4, 0.5) is 4.39 Å². The van der Waals surface area contributed by atoms with E-state index >= 15 is 0 Å². The summed E-state index contributed by atoms with van der Waals surface area (Å²) in [5, 5.41) is 3.20. The van der Waals surface area contributed by atoms with E-state index in [1.807, 2.05) is 0 Å². The van der Waals surface area contributed by atoms with Crippen LogP contribution in [0.2, 0.25) is 5.02 Å². The predicted molar refractivity (Wildman–Crippen MR) is 99.5 cm³/mol. The lowest BCUT2D eigenvalue weighted by Gasteiger charge is -2.08. The minimum absolute atomic E-state index is 0.0191. The first-order valence-corrected chi connectivity index (χ1v) is 9.51. The minimum atomic E-state index is -1.49. The van der Waals surface area contributed by atoms with Crippen molar-refractivity contribution in [1.82, 2.24) is 10.3 Å². The van der Waals surface area contributed by atoms with Gasteiger partial charge >= 0.3 is 0 Å². The third-order valence-corrected chi connectivity index (χ3v) is 5.03. The van der Waals surface area contributed by atoms with E-state index < -0.39 is 28.0 Å². The summed E-state index contributed by atoms with van der Waals surface area (Å²) >= 11 is 5.81. The number of hydrogen-bond donors (Lipinski definition) is 2. The molecular formula is C18H14ClFN2O3S. The van der Waals surface area contributed by atoms with Crippen LogP contribution >= 0.6 is 11.6 Å². The number of carbonyl (C=O) groups is 1. The fourth-order valence-corrected chi connectivity index (χ4v) is 3.40. The number of H-pyrrole nitrogens is 1. The Balaban J connectivity index is 1.94. The third kappa shape index (κ3) is 3.68. The standard InChI is InChI=1S/C18H14ClFN2O3S/c1-26(25)15-7-12(20)6-13-16(15)21-9-14(17(13)23)18(24)22-8-10-2-4-11(19)5-3-10/h2-7,9H,8H2,1H3,(H,21,23)(H,22,24). The summed E-state index contributed by atoms with van der Waals surface area (Å²) in [5.41, 5.74) is 0.296. The monoisotopic (exact) mass is 392 g/mol. The molecule has 0 aliphatic rings. The average Bonchev–Trinajstić information content (AvgIpc) is 2.61. The van der Waals surface area contributed by atoms with Gasteiger partial charge in [-0.3, -0.25) is 13.8 Å². The molecule has 0 aliphatic heterocycles. The van der Waals surface area contributed by atoms with E-state index in [9.17, 15) is 18.2 Å². The minimum Gasteiger partial charge on any atom is -0.359 e. The van der Waals surface area contributed by atoms with Crippen molar-refractivity contribution in [2.24, 2.45) is 0 Å². The van der Waals surface area contributed by atoms with Crippen LogP contribution in [0.25, 0.3) is 10.9 Å². The summed E-state index contributed by atoms with van der Waals surface area (Å²) in [6.07, 6.45) is 2.63. The molecule has 1 heterocycles. The molecule has 1 unspecified atom stereocenters. The topological polar surface area (TPSA) is 79.0 Å². The smallest absolute Gasteiger partial charge is 0.257 e. The van der Waals surface area contributed by atoms with Gasteiger partial charge in [-0.1, -0.05) is 23.7 Å². The highest BCUT2D eigenvalue weighted by Gasteiger charge is 2.16. The average molecular weight is 393 g/mol. The molecule has 0 saturated carbocycles. The maximum Gasteiger partial charge on any atom is 0.257 e. The van der Waals surface area contributed by atoms with E-state index in [-0.39, 0.29) is 27.9 Å². The quantitative estimate of drug-likeness (QED) is 0.716. The highest BCUT2D eigenvalue weighted by molar-refractivity contribution is 7.84. The third-order valence-electron chi connectivity index (χ3n) is 3.84. The molecule has 8 heteroatoms. The second kappa shape index (κ2) is 7.39. The number of amides is 1. The van der Waals surface area contributed by atoms with Crippen LogP contribution in [0.5, 0.6) is 0 Å². The Morgan fingerprint density at radius 2 is 1.96 bits per heavy atom. The molecule has 3 rings (SSSR count). The van der Waals surface area contributed by atoms with Crippen molar-refractivity contribution in [2.45, 2.75) is 11.4 Å². The number of benzene rings is 2. The predicted octanol–water partition coefficient (Wildman–Crippen LogP) is 2.99. The fraction of sp³-hybridized carbons (Fsp3) is 0.111. The lowest BCUT2D eigenvalue weighted by molar-refractivity contribution is 0.0949. The molecule has 0 radical (unpaired) electrons. The van der Waals surface area contributed by atoms with Crippen molar-refractivity contribution < 1.29 is 13.4 Å². The highest BCUT2D eigenvalue weighted by Crippen LogP contribution is 2.19. The first-order valence-electron chi connectivity index (χ1n) is 7.58. The number of halogens is 2. The SMILES string of the molecule is CS(=O)c1cc(F)cc2c(=O)c(C(=O)NCc3ccc(Cl)cc3)c[nH]c12. The zero-order chi connectivity index (χ0) is 18.8. The lowest BCUT2D eigenvalue weighted by Crippen LogP contribution is -2.28. The summed E-state index contributed by atoms with van der Waals surface area (Å²) in [6, 6.07) is 9.04. The number of rotatable bonds is 4. The van der Waals surface area contributed by atoms with Crippen molar-refractivity contribution in [3.05, 3.63) is 74.8 Å². The molecule has 3 aromatic rings. The molecule has 0 saturated heterocycles. The summed E-state index contributed by atoms with van der Waals surface area (Å²) in [5.74, 6) is -1.28. The first-order chi connectivity index (χ1) is 12.4. The molecule has 0 fully saturated rings. The molecule has 0 aliphatic carbocycles. The van der Waals surface area contributed by atoms with Crippen molar-refractivity contribution in [3.63, 3.8) is 0 Å². The largest absolute Gasteiger partial charge is 0.359 e. The van der Waals surface area contributed by atoms with Crippen molar-refractivity contribution in [1.29, 1.82) is 0 Å².